The van der Waals surface area contributed by atoms with Gasteiger partial charge in [-0.15, -0.1) is 10.2 Å². The van der Waals surface area contributed by atoms with Crippen molar-refractivity contribution in [2.45, 2.75) is 13.0 Å². The minimum Gasteiger partial charge on any atom is -0.419 e. The van der Waals surface area contributed by atoms with Crippen molar-refractivity contribution in [3.8, 4) is 11.5 Å². The van der Waals surface area contributed by atoms with Crippen LogP contribution in [0.15, 0.2) is 77.2 Å². The summed E-state index contributed by atoms with van der Waals surface area (Å²) in [5.74, 6) is 1.11. The van der Waals surface area contributed by atoms with E-state index in [1.54, 1.807) is 0 Å². The molecule has 1 aliphatic rings. The summed E-state index contributed by atoms with van der Waals surface area (Å²) < 4.78 is 6.19. The van der Waals surface area contributed by atoms with Gasteiger partial charge in [-0.05, 0) is 54.4 Å². The van der Waals surface area contributed by atoms with E-state index in [0.29, 0.717) is 16.8 Å². The molecule has 0 unspecified atom stereocenters. The molecule has 4 aromatic rings. The van der Waals surface area contributed by atoms with Crippen molar-refractivity contribution in [1.29, 1.82) is 0 Å². The number of hydrogen-bond acceptors (Lipinski definition) is 5. The van der Waals surface area contributed by atoms with Crippen molar-refractivity contribution < 1.29 is 4.42 Å². The Hall–Kier alpha value is -2.86. The number of aromatic nitrogens is 2. The van der Waals surface area contributed by atoms with Gasteiger partial charge >= 0.3 is 0 Å². The van der Waals surface area contributed by atoms with Crippen LogP contribution in [0.1, 0.15) is 23.1 Å². The number of rotatable bonds is 5. The molecule has 3 aromatic carbocycles. The number of nitrogens with zero attached hydrogens (tertiary/aromatic N) is 4. The fraction of sp³-hybridized carbons (Fsp3) is 0.231. The van der Waals surface area contributed by atoms with Crippen LogP contribution >= 0.6 is 23.2 Å². The highest BCUT2D eigenvalue weighted by molar-refractivity contribution is 6.31. The topological polar surface area (TPSA) is 45.4 Å². The zero-order valence-electron chi connectivity index (χ0n) is 18.3. The van der Waals surface area contributed by atoms with Crippen molar-refractivity contribution in [2.75, 3.05) is 31.1 Å². The van der Waals surface area contributed by atoms with Gasteiger partial charge in [-0.25, -0.2) is 0 Å². The lowest BCUT2D eigenvalue weighted by Crippen LogP contribution is -2.48. The van der Waals surface area contributed by atoms with E-state index in [1.165, 1.54) is 11.3 Å². The Bertz CT molecular complexity index is 1220. The second-order valence-corrected chi connectivity index (χ2v) is 9.09. The van der Waals surface area contributed by atoms with Crippen LogP contribution in [0, 0.1) is 6.92 Å². The van der Waals surface area contributed by atoms with Crippen LogP contribution in [0.3, 0.4) is 0 Å². The van der Waals surface area contributed by atoms with E-state index in [-0.39, 0.29) is 6.04 Å². The monoisotopic (exact) mass is 478 g/mol. The van der Waals surface area contributed by atoms with Gasteiger partial charge in [0.1, 0.15) is 6.04 Å². The van der Waals surface area contributed by atoms with E-state index < -0.39 is 0 Å². The van der Waals surface area contributed by atoms with Crippen molar-refractivity contribution in [2.24, 2.45) is 0 Å². The lowest BCUT2D eigenvalue weighted by atomic mass is 10.0. The second-order valence-electron chi connectivity index (χ2n) is 8.22. The molecular weight excluding hydrogens is 455 g/mol. The Morgan fingerprint density at radius 3 is 2.24 bits per heavy atom. The Morgan fingerprint density at radius 2 is 1.52 bits per heavy atom. The first-order valence-corrected chi connectivity index (χ1v) is 11.7. The van der Waals surface area contributed by atoms with E-state index in [4.69, 9.17) is 27.6 Å². The first-order valence-electron chi connectivity index (χ1n) is 11.0. The van der Waals surface area contributed by atoms with E-state index >= 15 is 0 Å². The van der Waals surface area contributed by atoms with Gasteiger partial charge in [0.25, 0.3) is 0 Å². The lowest BCUT2D eigenvalue weighted by Gasteiger charge is -2.39. The molecule has 1 aliphatic heterocycles. The van der Waals surface area contributed by atoms with Crippen LogP contribution < -0.4 is 4.90 Å². The number of aryl methyl sites for hydroxylation is 1. The summed E-state index contributed by atoms with van der Waals surface area (Å²) >= 11 is 12.4. The second kappa shape index (κ2) is 9.56. The fourth-order valence-corrected chi connectivity index (χ4v) is 4.63. The fourth-order valence-electron chi connectivity index (χ4n) is 4.34. The van der Waals surface area contributed by atoms with Crippen LogP contribution in [0.25, 0.3) is 11.5 Å². The number of anilines is 1. The third-order valence-corrected chi connectivity index (χ3v) is 6.56. The molecule has 1 atom stereocenters. The van der Waals surface area contributed by atoms with Crippen LogP contribution in [-0.4, -0.2) is 41.3 Å². The molecule has 0 bridgehead atoms. The summed E-state index contributed by atoms with van der Waals surface area (Å²) in [7, 11) is 0. The molecule has 0 saturated carbocycles. The molecule has 2 heterocycles. The number of hydrogen-bond donors (Lipinski definition) is 0. The van der Waals surface area contributed by atoms with Gasteiger partial charge in [-0.3, -0.25) is 4.90 Å². The lowest BCUT2D eigenvalue weighted by molar-refractivity contribution is 0.188. The molecule has 168 valence electrons. The van der Waals surface area contributed by atoms with Crippen molar-refractivity contribution in [3.63, 3.8) is 0 Å². The first kappa shape index (κ1) is 22.0. The summed E-state index contributed by atoms with van der Waals surface area (Å²) in [5.41, 5.74) is 4.41. The SMILES string of the molecule is Cc1ccc(Cl)cc1N1CCN([C@@H](c2ccc(Cl)cc2)c2nnc(-c3ccccc3)o2)CC1. The average Bonchev–Trinajstić information content (AvgIpc) is 3.33. The zero-order chi connectivity index (χ0) is 22.8. The minimum atomic E-state index is -0.144. The molecule has 33 heavy (non-hydrogen) atoms. The molecule has 7 heteroatoms. The summed E-state index contributed by atoms with van der Waals surface area (Å²) in [6.07, 6.45) is 0. The van der Waals surface area contributed by atoms with Crippen LogP contribution in [0.5, 0.6) is 0 Å². The summed E-state index contributed by atoms with van der Waals surface area (Å²) in [6, 6.07) is 23.6. The van der Waals surface area contributed by atoms with Crippen LogP contribution in [0.2, 0.25) is 10.0 Å². The average molecular weight is 479 g/mol. The quantitative estimate of drug-likeness (QED) is 0.338. The Labute approximate surface area is 203 Å². The molecule has 5 nitrogen and oxygen atoms in total. The normalized spacial score (nSPS) is 15.5. The first-order chi connectivity index (χ1) is 16.1. The van der Waals surface area contributed by atoms with Gasteiger partial charge in [0.2, 0.25) is 11.8 Å². The van der Waals surface area contributed by atoms with Crippen LogP contribution in [-0.2, 0) is 0 Å². The van der Waals surface area contributed by atoms with Crippen molar-refractivity contribution in [1.82, 2.24) is 15.1 Å². The van der Waals surface area contributed by atoms with Gasteiger partial charge in [0, 0.05) is 47.5 Å². The zero-order valence-corrected chi connectivity index (χ0v) is 19.8. The van der Waals surface area contributed by atoms with Gasteiger partial charge in [-0.1, -0.05) is 59.6 Å². The maximum Gasteiger partial charge on any atom is 0.247 e. The minimum absolute atomic E-state index is 0.144. The molecular formula is C26H24Cl2N4O. The smallest absolute Gasteiger partial charge is 0.247 e. The Kier molecular flexibility index (Phi) is 6.36. The maximum atomic E-state index is 6.27. The van der Waals surface area contributed by atoms with Gasteiger partial charge < -0.3 is 9.32 Å². The summed E-state index contributed by atoms with van der Waals surface area (Å²) in [6.45, 7) is 5.58. The number of benzene rings is 3. The highest BCUT2D eigenvalue weighted by atomic mass is 35.5. The molecule has 0 spiro atoms. The van der Waals surface area contributed by atoms with Crippen molar-refractivity contribution in [3.05, 3.63) is 99.9 Å². The van der Waals surface area contributed by atoms with E-state index in [0.717, 1.165) is 42.3 Å². The van der Waals surface area contributed by atoms with Gasteiger partial charge in [0.15, 0.2) is 0 Å². The predicted octanol–water partition coefficient (Wildman–Crippen LogP) is 6.26. The maximum absolute atomic E-state index is 6.27. The van der Waals surface area contributed by atoms with E-state index in [2.05, 4.69) is 33.0 Å². The third-order valence-electron chi connectivity index (χ3n) is 6.07. The van der Waals surface area contributed by atoms with Crippen molar-refractivity contribution >= 4 is 28.9 Å². The predicted molar refractivity (Wildman–Crippen MR) is 133 cm³/mol. The molecule has 0 N–H and O–H groups in total. The van der Waals surface area contributed by atoms with Gasteiger partial charge in [0.05, 0.1) is 0 Å². The highest BCUT2D eigenvalue weighted by Crippen LogP contribution is 2.33. The largest absolute Gasteiger partial charge is 0.419 e. The Balaban J connectivity index is 1.42. The molecule has 0 aliphatic carbocycles. The molecule has 1 saturated heterocycles. The number of piperazine rings is 1. The summed E-state index contributed by atoms with van der Waals surface area (Å²) in [5, 5.41) is 10.2. The molecule has 1 fully saturated rings. The molecule has 0 radical (unpaired) electrons. The van der Waals surface area contributed by atoms with E-state index in [1.807, 2.05) is 66.7 Å². The van der Waals surface area contributed by atoms with Gasteiger partial charge in [-0.2, -0.15) is 0 Å². The Morgan fingerprint density at radius 1 is 0.818 bits per heavy atom. The third kappa shape index (κ3) is 4.76. The molecule has 1 aromatic heterocycles. The van der Waals surface area contributed by atoms with E-state index in [9.17, 15) is 0 Å². The highest BCUT2D eigenvalue weighted by Gasteiger charge is 2.31. The molecule has 0 amide bonds. The molecule has 5 rings (SSSR count). The number of halogens is 2. The standard InChI is InChI=1S/C26H24Cl2N4O/c1-18-7-10-22(28)17-23(18)31-13-15-32(16-14-31)24(19-8-11-21(27)12-9-19)26-30-29-25(33-26)20-5-3-2-4-6-20/h2-12,17,24H,13-16H2,1H3/t24-/m0/s1. The van der Waals surface area contributed by atoms with Crippen LogP contribution in [0.4, 0.5) is 5.69 Å². The summed E-state index contributed by atoms with van der Waals surface area (Å²) in [4.78, 5) is 4.78.